The largest absolute Gasteiger partial charge is 0.496 e. The Morgan fingerprint density at radius 2 is 1.85 bits per heavy atom. The van der Waals surface area contributed by atoms with Crippen molar-refractivity contribution in [1.29, 1.82) is 0 Å². The van der Waals surface area contributed by atoms with Crippen molar-refractivity contribution in [2.24, 2.45) is 0 Å². The quantitative estimate of drug-likeness (QED) is 0.491. The normalized spacial score (nSPS) is 20.5. The average molecular weight is 487 g/mol. The van der Waals surface area contributed by atoms with Gasteiger partial charge in [0.15, 0.2) is 12.1 Å². The Bertz CT molecular complexity index is 1090. The van der Waals surface area contributed by atoms with E-state index in [1.165, 1.54) is 22.6 Å². The molecule has 2 atom stereocenters. The summed E-state index contributed by atoms with van der Waals surface area (Å²) in [5.74, 6) is 0.0632. The summed E-state index contributed by atoms with van der Waals surface area (Å²) >= 11 is 1.70. The van der Waals surface area contributed by atoms with Crippen LogP contribution in [0.2, 0.25) is 0 Å². The molecule has 0 radical (unpaired) electrons. The number of thiophene rings is 1. The monoisotopic (exact) mass is 486 g/mol. The predicted octanol–water partition coefficient (Wildman–Crippen LogP) is 5.84. The highest BCUT2D eigenvalue weighted by Crippen LogP contribution is 2.34. The van der Waals surface area contributed by atoms with Gasteiger partial charge in [0.25, 0.3) is 0 Å². The lowest BCUT2D eigenvalue weighted by atomic mass is 10.0. The molecule has 2 saturated heterocycles. The molecule has 2 aliphatic heterocycles. The second-order valence-electron chi connectivity index (χ2n) is 8.90. The van der Waals surface area contributed by atoms with Crippen LogP contribution in [0.1, 0.15) is 41.8 Å². The number of aliphatic hydroxyl groups is 1. The van der Waals surface area contributed by atoms with Crippen molar-refractivity contribution in [1.82, 2.24) is 0 Å². The fraction of sp³-hybridized carbons (Fsp3) is 0.407. The highest BCUT2D eigenvalue weighted by Gasteiger charge is 2.44. The molecule has 0 saturated carbocycles. The van der Waals surface area contributed by atoms with Crippen molar-refractivity contribution >= 4 is 11.3 Å². The van der Waals surface area contributed by atoms with E-state index >= 15 is 0 Å². The third-order valence-electron chi connectivity index (χ3n) is 5.89. The summed E-state index contributed by atoms with van der Waals surface area (Å²) < 4.78 is 34.6. The third-order valence-corrected chi connectivity index (χ3v) is 7.02. The fourth-order valence-electron chi connectivity index (χ4n) is 4.15. The molecule has 2 aliphatic rings. The first-order valence-electron chi connectivity index (χ1n) is 11.4. The molecule has 0 amide bonds. The van der Waals surface area contributed by atoms with Gasteiger partial charge in [-0.2, -0.15) is 0 Å². The Hall–Kier alpha value is -2.29. The van der Waals surface area contributed by atoms with Gasteiger partial charge in [-0.3, -0.25) is 0 Å². The van der Waals surface area contributed by atoms with E-state index in [0.29, 0.717) is 0 Å². The Labute approximate surface area is 204 Å². The van der Waals surface area contributed by atoms with E-state index in [9.17, 15) is 9.50 Å². The summed E-state index contributed by atoms with van der Waals surface area (Å²) in [5.41, 5.74) is 4.14. The Balaban J connectivity index is 0.000000226. The molecule has 34 heavy (non-hydrogen) atoms. The second-order valence-corrected chi connectivity index (χ2v) is 10.1. The van der Waals surface area contributed by atoms with Crippen LogP contribution < -0.4 is 4.74 Å². The Morgan fingerprint density at radius 3 is 2.53 bits per heavy atom. The highest BCUT2D eigenvalue weighted by molar-refractivity contribution is 7.15. The van der Waals surface area contributed by atoms with Crippen LogP contribution in [0.25, 0.3) is 10.4 Å². The lowest BCUT2D eigenvalue weighted by molar-refractivity contribution is -0.192. The van der Waals surface area contributed by atoms with E-state index < -0.39 is 5.79 Å². The van der Waals surface area contributed by atoms with Gasteiger partial charge in [-0.15, -0.1) is 11.3 Å². The predicted molar refractivity (Wildman–Crippen MR) is 131 cm³/mol. The number of aryl methyl sites for hydroxylation is 1. The first-order chi connectivity index (χ1) is 16.3. The SMILES string of the molecule is CC1(C)OC2CCOC2O1.COc1cc(C)c(Cc2ccc(-c3ccc(F)cc3)s2)cc1CO. The smallest absolute Gasteiger partial charge is 0.187 e. The number of fused-ring (bicyclic) bond motifs is 1. The maximum Gasteiger partial charge on any atom is 0.187 e. The van der Waals surface area contributed by atoms with Crippen LogP contribution in [0.4, 0.5) is 4.39 Å². The molecule has 1 N–H and O–H groups in total. The van der Waals surface area contributed by atoms with Gasteiger partial charge in [0.1, 0.15) is 17.7 Å². The number of halogens is 1. The van der Waals surface area contributed by atoms with Crippen molar-refractivity contribution < 1.29 is 28.4 Å². The fourth-order valence-corrected chi connectivity index (χ4v) is 5.19. The topological polar surface area (TPSA) is 57.2 Å². The van der Waals surface area contributed by atoms with E-state index in [-0.39, 0.29) is 24.8 Å². The molecule has 2 unspecified atom stereocenters. The molecular formula is C27H31FO5S. The molecule has 3 heterocycles. The molecule has 7 heteroatoms. The van der Waals surface area contributed by atoms with E-state index in [2.05, 4.69) is 12.1 Å². The summed E-state index contributed by atoms with van der Waals surface area (Å²) in [7, 11) is 1.61. The molecular weight excluding hydrogens is 455 g/mol. The number of aliphatic hydroxyl groups excluding tert-OH is 1. The lowest BCUT2D eigenvalue weighted by Gasteiger charge is -2.17. The van der Waals surface area contributed by atoms with E-state index in [1.54, 1.807) is 30.6 Å². The zero-order valence-electron chi connectivity index (χ0n) is 20.0. The summed E-state index contributed by atoms with van der Waals surface area (Å²) in [6.07, 6.45) is 1.84. The maximum atomic E-state index is 13.0. The van der Waals surface area contributed by atoms with Gasteiger partial charge in [-0.25, -0.2) is 4.39 Å². The molecule has 2 aromatic carbocycles. The van der Waals surface area contributed by atoms with Gasteiger partial charge in [-0.1, -0.05) is 12.1 Å². The molecule has 1 aromatic heterocycles. The van der Waals surface area contributed by atoms with Crippen molar-refractivity contribution in [2.75, 3.05) is 13.7 Å². The van der Waals surface area contributed by atoms with Crippen molar-refractivity contribution in [2.45, 2.75) is 58.4 Å². The molecule has 3 aromatic rings. The Morgan fingerprint density at radius 1 is 1.09 bits per heavy atom. The van der Waals surface area contributed by atoms with Gasteiger partial charge in [0.05, 0.1) is 20.3 Å². The van der Waals surface area contributed by atoms with Crippen LogP contribution in [0.5, 0.6) is 5.75 Å². The lowest BCUT2D eigenvalue weighted by Crippen LogP contribution is -2.22. The number of ether oxygens (including phenoxy) is 4. The zero-order valence-corrected chi connectivity index (χ0v) is 20.8. The van der Waals surface area contributed by atoms with Gasteiger partial charge < -0.3 is 24.1 Å². The second kappa shape index (κ2) is 10.5. The number of hydrogen-bond donors (Lipinski definition) is 1. The maximum absolute atomic E-state index is 13.0. The van der Waals surface area contributed by atoms with Gasteiger partial charge in [0.2, 0.25) is 0 Å². The minimum absolute atomic E-state index is 0.0400. The number of benzene rings is 2. The van der Waals surface area contributed by atoms with Crippen LogP contribution >= 0.6 is 11.3 Å². The Kier molecular flexibility index (Phi) is 7.70. The van der Waals surface area contributed by atoms with Crippen LogP contribution in [0.15, 0.2) is 48.5 Å². The molecule has 2 fully saturated rings. The van der Waals surface area contributed by atoms with Crippen LogP contribution in [0.3, 0.4) is 0 Å². The van der Waals surface area contributed by atoms with E-state index in [1.807, 2.05) is 32.9 Å². The minimum Gasteiger partial charge on any atom is -0.496 e. The number of hydrogen-bond acceptors (Lipinski definition) is 6. The van der Waals surface area contributed by atoms with E-state index in [0.717, 1.165) is 46.8 Å². The number of rotatable bonds is 5. The molecule has 5 nitrogen and oxygen atoms in total. The van der Waals surface area contributed by atoms with Gasteiger partial charge in [0, 0.05) is 28.2 Å². The van der Waals surface area contributed by atoms with Crippen molar-refractivity contribution in [3.8, 4) is 16.2 Å². The molecule has 5 rings (SSSR count). The first-order valence-corrected chi connectivity index (χ1v) is 12.2. The van der Waals surface area contributed by atoms with Crippen molar-refractivity contribution in [3.63, 3.8) is 0 Å². The highest BCUT2D eigenvalue weighted by atomic mass is 32.1. The summed E-state index contributed by atoms with van der Waals surface area (Å²) in [6.45, 7) is 6.60. The third kappa shape index (κ3) is 5.85. The molecule has 182 valence electrons. The zero-order chi connectivity index (χ0) is 24.3. The standard InChI is InChI=1S/C20H19FO2S.C7H12O3/c1-13-9-19(23-2)16(12-22)10-15(13)11-18-7-8-20(24-18)14-3-5-17(21)6-4-14;1-7(2)9-5-3-4-8-6(5)10-7/h3-10,22H,11-12H2,1-2H3;5-6H,3-4H2,1-2H3. The van der Waals surface area contributed by atoms with Gasteiger partial charge in [-0.05, 0) is 73.9 Å². The average Bonchev–Trinajstić information content (AvgIpc) is 3.51. The van der Waals surface area contributed by atoms with Crippen molar-refractivity contribution in [3.05, 3.63) is 75.9 Å². The molecule has 0 aliphatic carbocycles. The summed E-state index contributed by atoms with van der Waals surface area (Å²) in [6, 6.07) is 14.7. The summed E-state index contributed by atoms with van der Waals surface area (Å²) in [4.78, 5) is 2.35. The van der Waals surface area contributed by atoms with Crippen LogP contribution in [0, 0.1) is 12.7 Å². The van der Waals surface area contributed by atoms with Crippen LogP contribution in [-0.4, -0.2) is 37.0 Å². The summed E-state index contributed by atoms with van der Waals surface area (Å²) in [5, 5.41) is 9.50. The molecule has 0 bridgehead atoms. The van der Waals surface area contributed by atoms with Gasteiger partial charge >= 0.3 is 0 Å². The number of methoxy groups -OCH3 is 1. The first kappa shape index (κ1) is 24.8. The van der Waals surface area contributed by atoms with Crippen LogP contribution in [-0.2, 0) is 27.2 Å². The minimum atomic E-state index is -0.435. The molecule has 0 spiro atoms. The van der Waals surface area contributed by atoms with E-state index in [4.69, 9.17) is 18.9 Å².